The quantitative estimate of drug-likeness (QED) is 0.562. The number of anilines is 1. The predicted molar refractivity (Wildman–Crippen MR) is 76.0 cm³/mol. The fraction of sp³-hybridized carbons (Fsp3) is 0.267. The number of pyridine rings is 1. The van der Waals surface area contributed by atoms with Gasteiger partial charge in [0.15, 0.2) is 0 Å². The molecule has 0 unspecified atom stereocenters. The molecular formula is C15H20N2. The highest BCUT2D eigenvalue weighted by Crippen LogP contribution is 2.09. The van der Waals surface area contributed by atoms with E-state index in [1.54, 1.807) is 12.3 Å². The van der Waals surface area contributed by atoms with Gasteiger partial charge in [-0.15, -0.1) is 0 Å². The minimum absolute atomic E-state index is 0.894. The van der Waals surface area contributed by atoms with Crippen molar-refractivity contribution < 1.29 is 0 Å². The largest absolute Gasteiger partial charge is 0.385 e. The summed E-state index contributed by atoms with van der Waals surface area (Å²) in [6.07, 6.45) is 9.71. The van der Waals surface area contributed by atoms with Gasteiger partial charge >= 0.3 is 0 Å². The molecule has 0 aromatic carbocycles. The number of aromatic nitrogens is 1. The van der Waals surface area contributed by atoms with E-state index in [0.717, 1.165) is 30.8 Å². The fourth-order valence-corrected chi connectivity index (χ4v) is 1.52. The lowest BCUT2D eigenvalue weighted by Crippen LogP contribution is -2.00. The molecule has 0 saturated heterocycles. The molecule has 1 aromatic heterocycles. The molecule has 2 heteroatoms. The van der Waals surface area contributed by atoms with Gasteiger partial charge in [0.1, 0.15) is 0 Å². The van der Waals surface area contributed by atoms with Gasteiger partial charge in [-0.2, -0.15) is 0 Å². The van der Waals surface area contributed by atoms with Crippen LogP contribution in [0.25, 0.3) is 6.08 Å². The summed E-state index contributed by atoms with van der Waals surface area (Å²) in [6, 6.07) is 3.95. The van der Waals surface area contributed by atoms with Crippen LogP contribution in [0.5, 0.6) is 0 Å². The zero-order valence-electron chi connectivity index (χ0n) is 10.4. The smallest absolute Gasteiger partial charge is 0.0644 e. The summed E-state index contributed by atoms with van der Waals surface area (Å²) < 4.78 is 0. The third-order valence-corrected chi connectivity index (χ3v) is 2.54. The Kier molecular flexibility index (Phi) is 5.80. The van der Waals surface area contributed by atoms with E-state index < -0.39 is 0 Å². The molecule has 0 aliphatic heterocycles. The Labute approximate surface area is 104 Å². The van der Waals surface area contributed by atoms with Gasteiger partial charge in [0, 0.05) is 18.4 Å². The Morgan fingerprint density at radius 1 is 1.47 bits per heavy atom. The second kappa shape index (κ2) is 7.44. The molecule has 90 valence electrons. The lowest BCUT2D eigenvalue weighted by Gasteiger charge is -2.05. The molecule has 0 amide bonds. The molecule has 2 nitrogen and oxygen atoms in total. The topological polar surface area (TPSA) is 24.9 Å². The van der Waals surface area contributed by atoms with Crippen LogP contribution in [0.15, 0.2) is 49.2 Å². The van der Waals surface area contributed by atoms with Gasteiger partial charge in [-0.05, 0) is 31.1 Å². The average Bonchev–Trinajstić information content (AvgIpc) is 2.39. The van der Waals surface area contributed by atoms with Gasteiger partial charge in [-0.1, -0.05) is 37.8 Å². The van der Waals surface area contributed by atoms with Crippen molar-refractivity contribution in [2.75, 3.05) is 11.9 Å². The van der Waals surface area contributed by atoms with E-state index in [2.05, 4.69) is 36.5 Å². The fourth-order valence-electron chi connectivity index (χ4n) is 1.52. The van der Waals surface area contributed by atoms with E-state index in [4.69, 9.17) is 0 Å². The van der Waals surface area contributed by atoms with Crippen molar-refractivity contribution in [2.24, 2.45) is 0 Å². The zero-order valence-corrected chi connectivity index (χ0v) is 10.4. The van der Waals surface area contributed by atoms with Gasteiger partial charge in [0.2, 0.25) is 0 Å². The van der Waals surface area contributed by atoms with Gasteiger partial charge in [-0.25, -0.2) is 0 Å². The van der Waals surface area contributed by atoms with Crippen LogP contribution in [-0.4, -0.2) is 11.5 Å². The Morgan fingerprint density at radius 3 is 2.94 bits per heavy atom. The average molecular weight is 228 g/mol. The molecule has 1 N–H and O–H groups in total. The second-order valence-corrected chi connectivity index (χ2v) is 3.73. The number of hydrogen-bond donors (Lipinski definition) is 1. The van der Waals surface area contributed by atoms with Crippen molar-refractivity contribution >= 4 is 11.8 Å². The molecule has 0 bridgehead atoms. The summed E-state index contributed by atoms with van der Waals surface area (Å²) in [4.78, 5) is 4.16. The van der Waals surface area contributed by atoms with E-state index in [1.807, 2.05) is 18.2 Å². The first-order valence-electron chi connectivity index (χ1n) is 5.94. The lowest BCUT2D eigenvalue weighted by atomic mass is 10.1. The first-order valence-corrected chi connectivity index (χ1v) is 5.94. The monoisotopic (exact) mass is 228 g/mol. The minimum Gasteiger partial charge on any atom is -0.385 e. The molecule has 0 aliphatic carbocycles. The summed E-state index contributed by atoms with van der Waals surface area (Å²) in [5.41, 5.74) is 3.28. The summed E-state index contributed by atoms with van der Waals surface area (Å²) in [6.45, 7) is 10.5. The van der Waals surface area contributed by atoms with Crippen molar-refractivity contribution in [1.82, 2.24) is 4.98 Å². The normalized spacial score (nSPS) is 11.0. The van der Waals surface area contributed by atoms with Crippen LogP contribution >= 0.6 is 0 Å². The second-order valence-electron chi connectivity index (χ2n) is 3.73. The van der Waals surface area contributed by atoms with Crippen LogP contribution in [0.4, 0.5) is 5.69 Å². The highest BCUT2D eigenvalue weighted by molar-refractivity contribution is 5.52. The van der Waals surface area contributed by atoms with E-state index in [9.17, 15) is 0 Å². The van der Waals surface area contributed by atoms with Gasteiger partial charge < -0.3 is 5.32 Å². The molecule has 0 spiro atoms. The summed E-state index contributed by atoms with van der Waals surface area (Å²) in [5.74, 6) is 0. The minimum atomic E-state index is 0.894. The Balaban J connectivity index is 2.42. The van der Waals surface area contributed by atoms with Crippen molar-refractivity contribution in [3.05, 3.63) is 54.9 Å². The van der Waals surface area contributed by atoms with E-state index in [-0.39, 0.29) is 0 Å². The van der Waals surface area contributed by atoms with E-state index >= 15 is 0 Å². The van der Waals surface area contributed by atoms with Crippen LogP contribution < -0.4 is 5.32 Å². The van der Waals surface area contributed by atoms with E-state index in [1.165, 1.54) is 5.57 Å². The number of nitrogens with one attached hydrogen (secondary N) is 1. The maximum atomic E-state index is 4.16. The lowest BCUT2D eigenvalue weighted by molar-refractivity contribution is 1.03. The van der Waals surface area contributed by atoms with Crippen LogP contribution in [0, 0.1) is 0 Å². The predicted octanol–water partition coefficient (Wildman–Crippen LogP) is 4.05. The van der Waals surface area contributed by atoms with Crippen LogP contribution in [-0.2, 0) is 0 Å². The van der Waals surface area contributed by atoms with Crippen molar-refractivity contribution in [2.45, 2.75) is 19.8 Å². The molecule has 1 aromatic rings. The van der Waals surface area contributed by atoms with Gasteiger partial charge in [-0.3, -0.25) is 4.98 Å². The highest BCUT2D eigenvalue weighted by Gasteiger charge is 1.93. The van der Waals surface area contributed by atoms with Gasteiger partial charge in [0.05, 0.1) is 5.69 Å². The first-order chi connectivity index (χ1) is 8.30. The van der Waals surface area contributed by atoms with Gasteiger partial charge in [0.25, 0.3) is 0 Å². The van der Waals surface area contributed by atoms with Crippen LogP contribution in [0.1, 0.15) is 25.5 Å². The Morgan fingerprint density at radius 2 is 2.29 bits per heavy atom. The molecule has 17 heavy (non-hydrogen) atoms. The SMILES string of the molecule is C=C/C(=C\CCNc1ccnc(C=C)c1)CC. The third-order valence-electron chi connectivity index (χ3n) is 2.54. The number of nitrogens with zero attached hydrogens (tertiary/aromatic N) is 1. The van der Waals surface area contributed by atoms with Crippen molar-refractivity contribution in [1.29, 1.82) is 0 Å². The molecule has 0 fully saturated rings. The number of allylic oxidation sites excluding steroid dienone is 2. The first kappa shape index (κ1) is 13.2. The summed E-state index contributed by atoms with van der Waals surface area (Å²) in [7, 11) is 0. The summed E-state index contributed by atoms with van der Waals surface area (Å²) >= 11 is 0. The standard InChI is InChI=1S/C15H20N2/c1-4-13(5-2)8-7-10-16-15-9-11-17-14(6-3)12-15/h4,6,8-9,11-12H,1,3,5,7,10H2,2H3,(H,16,17)/b13-8+. The molecule has 1 heterocycles. The maximum absolute atomic E-state index is 4.16. The summed E-state index contributed by atoms with van der Waals surface area (Å²) in [5, 5.41) is 3.36. The third kappa shape index (κ3) is 4.68. The van der Waals surface area contributed by atoms with Crippen molar-refractivity contribution in [3.8, 4) is 0 Å². The Hall–Kier alpha value is -1.83. The van der Waals surface area contributed by atoms with Crippen LogP contribution in [0.3, 0.4) is 0 Å². The number of hydrogen-bond acceptors (Lipinski definition) is 2. The molecule has 0 saturated carbocycles. The molecular weight excluding hydrogens is 208 g/mol. The maximum Gasteiger partial charge on any atom is 0.0644 e. The highest BCUT2D eigenvalue weighted by atomic mass is 14.9. The molecule has 0 atom stereocenters. The molecule has 1 rings (SSSR count). The Bertz CT molecular complexity index is 405. The van der Waals surface area contributed by atoms with Crippen LogP contribution in [0.2, 0.25) is 0 Å². The zero-order chi connectivity index (χ0) is 12.5. The molecule has 0 radical (unpaired) electrons. The molecule has 0 aliphatic rings. The van der Waals surface area contributed by atoms with E-state index in [0.29, 0.717) is 0 Å². The number of rotatable bonds is 7. The van der Waals surface area contributed by atoms with Crippen molar-refractivity contribution in [3.63, 3.8) is 0 Å².